The van der Waals surface area contributed by atoms with Crippen LogP contribution in [-0.2, 0) is 0 Å². The molecule has 1 aromatic carbocycles. The highest BCUT2D eigenvalue weighted by molar-refractivity contribution is 9.11. The number of carbonyl (C=O) groups is 2. The summed E-state index contributed by atoms with van der Waals surface area (Å²) in [6, 6.07) is 11.7. The maximum absolute atomic E-state index is 12.6. The van der Waals surface area contributed by atoms with Gasteiger partial charge in [0.2, 0.25) is 0 Å². The number of ketones is 1. The summed E-state index contributed by atoms with van der Waals surface area (Å²) >= 11 is 10.1. The van der Waals surface area contributed by atoms with E-state index in [-0.39, 0.29) is 11.7 Å². The lowest BCUT2D eigenvalue weighted by atomic mass is 10.1. The highest BCUT2D eigenvalue weighted by Crippen LogP contribution is 2.32. The summed E-state index contributed by atoms with van der Waals surface area (Å²) in [5.74, 6) is -0.0123. The predicted octanol–water partition coefficient (Wildman–Crippen LogP) is 4.02. The number of carbonyl (C=O) groups excluding carboxylic acids is 2. The number of hydrogen-bond donors (Lipinski definition) is 1. The first kappa shape index (κ1) is 16.6. The van der Waals surface area contributed by atoms with E-state index in [1.807, 2.05) is 36.4 Å². The largest absolute Gasteiger partial charge is 0.320 e. The molecule has 0 atom stereocenters. The standard InChI is InChI=1S/C19H9Br2NO2S2/c20-16-3-1-14(25-16)10-7-13(23)9-6-11-12(5-8(9)10)19(24)22-18(11)15-2-4-17(21)26-15/h1-6H,7H2,(H,22,24). The van der Waals surface area contributed by atoms with Crippen molar-refractivity contribution in [3.8, 4) is 0 Å². The van der Waals surface area contributed by atoms with Crippen molar-refractivity contribution in [3.05, 3.63) is 75.3 Å². The Balaban J connectivity index is 1.81. The van der Waals surface area contributed by atoms with Crippen molar-refractivity contribution >= 4 is 77.5 Å². The minimum Gasteiger partial charge on any atom is -0.320 e. The molecule has 0 saturated heterocycles. The van der Waals surface area contributed by atoms with E-state index in [1.165, 1.54) is 0 Å². The number of rotatable bonds is 2. The van der Waals surface area contributed by atoms with Gasteiger partial charge >= 0.3 is 0 Å². The summed E-state index contributed by atoms with van der Waals surface area (Å²) in [5.41, 5.74) is 3.12. The second-order valence-corrected chi connectivity index (χ2v) is 11.0. The molecule has 0 saturated carbocycles. The molecule has 3 nitrogen and oxygen atoms in total. The molecule has 3 heterocycles. The van der Waals surface area contributed by atoms with Crippen molar-refractivity contribution in [2.24, 2.45) is 0 Å². The molecule has 128 valence electrons. The van der Waals surface area contributed by atoms with Gasteiger partial charge in [-0.3, -0.25) is 9.59 Å². The Morgan fingerprint density at radius 1 is 0.846 bits per heavy atom. The summed E-state index contributed by atoms with van der Waals surface area (Å²) in [6.07, 6.45) is 0.382. The Morgan fingerprint density at radius 2 is 1.50 bits per heavy atom. The zero-order valence-corrected chi connectivity index (χ0v) is 17.9. The first-order chi connectivity index (χ1) is 12.5. The Morgan fingerprint density at radius 3 is 2.15 bits per heavy atom. The van der Waals surface area contributed by atoms with Gasteiger partial charge in [0.1, 0.15) is 0 Å². The van der Waals surface area contributed by atoms with Gasteiger partial charge in [0, 0.05) is 27.6 Å². The number of amides is 1. The molecule has 0 unspecified atom stereocenters. The molecule has 2 aliphatic rings. The van der Waals surface area contributed by atoms with Gasteiger partial charge in [-0.05, 0) is 79.0 Å². The number of benzene rings is 1. The number of nitrogens with one attached hydrogen (secondary N) is 1. The van der Waals surface area contributed by atoms with Gasteiger partial charge in [-0.2, -0.15) is 0 Å². The van der Waals surface area contributed by atoms with Gasteiger partial charge in [-0.15, -0.1) is 22.7 Å². The van der Waals surface area contributed by atoms with Crippen LogP contribution in [0.25, 0.3) is 11.3 Å². The van der Waals surface area contributed by atoms with E-state index >= 15 is 0 Å². The highest BCUT2D eigenvalue weighted by Gasteiger charge is 2.28. The van der Waals surface area contributed by atoms with E-state index in [2.05, 4.69) is 37.2 Å². The molecular weight excluding hydrogens is 498 g/mol. The number of thiophene rings is 2. The van der Waals surface area contributed by atoms with Crippen LogP contribution in [0, 0.1) is 0 Å². The van der Waals surface area contributed by atoms with Crippen LogP contribution < -0.4 is 15.8 Å². The van der Waals surface area contributed by atoms with Crippen molar-refractivity contribution < 1.29 is 9.59 Å². The van der Waals surface area contributed by atoms with Crippen LogP contribution in [0.15, 0.2) is 44.0 Å². The molecule has 0 bridgehead atoms. The van der Waals surface area contributed by atoms with E-state index in [4.69, 9.17) is 0 Å². The summed E-state index contributed by atoms with van der Waals surface area (Å²) in [7, 11) is 0. The van der Waals surface area contributed by atoms with E-state index in [1.54, 1.807) is 22.7 Å². The molecule has 0 fully saturated rings. The maximum atomic E-state index is 12.6. The first-order valence-corrected chi connectivity index (χ1v) is 11.0. The fraction of sp³-hybridized carbons (Fsp3) is 0.0526. The number of Topliss-reactive ketones (excluding diaryl/α,β-unsaturated/α-hetero) is 1. The zero-order valence-electron chi connectivity index (χ0n) is 13.1. The van der Waals surface area contributed by atoms with Crippen LogP contribution in [-0.4, -0.2) is 11.7 Å². The second-order valence-electron chi connectivity index (χ2n) is 6.06. The van der Waals surface area contributed by atoms with Crippen LogP contribution in [0.3, 0.4) is 0 Å². The molecule has 26 heavy (non-hydrogen) atoms. The Labute approximate surface area is 173 Å². The van der Waals surface area contributed by atoms with Crippen molar-refractivity contribution in [1.82, 2.24) is 5.32 Å². The normalized spacial score (nSPS) is 15.5. The quantitative estimate of drug-likeness (QED) is 0.570. The average molecular weight is 507 g/mol. The van der Waals surface area contributed by atoms with Gasteiger partial charge in [-0.1, -0.05) is 0 Å². The number of halogens is 2. The highest BCUT2D eigenvalue weighted by atomic mass is 79.9. The Bertz CT molecular complexity index is 1150. The molecule has 1 amide bonds. The molecular formula is C19H9Br2NO2S2. The fourth-order valence-corrected chi connectivity index (χ4v) is 6.26. The molecule has 5 rings (SSSR count). The molecule has 0 spiro atoms. The SMILES string of the molecule is O=C1CC(c2ccc(Br)s2)=c2cc3c(cc21)=C(c1ccc(Br)s1)NC3=O. The van der Waals surface area contributed by atoms with Gasteiger partial charge in [0.05, 0.1) is 18.1 Å². The van der Waals surface area contributed by atoms with Crippen LogP contribution in [0.1, 0.15) is 36.9 Å². The van der Waals surface area contributed by atoms with Crippen LogP contribution in [0.2, 0.25) is 0 Å². The van der Waals surface area contributed by atoms with Gasteiger partial charge in [-0.25, -0.2) is 0 Å². The van der Waals surface area contributed by atoms with E-state index in [9.17, 15) is 9.59 Å². The van der Waals surface area contributed by atoms with Crippen molar-refractivity contribution in [2.45, 2.75) is 6.42 Å². The number of fused-ring (bicyclic) bond motifs is 2. The topological polar surface area (TPSA) is 46.2 Å². The summed E-state index contributed by atoms with van der Waals surface area (Å²) in [4.78, 5) is 27.2. The molecule has 1 aliphatic heterocycles. The molecule has 1 aliphatic carbocycles. The lowest BCUT2D eigenvalue weighted by Crippen LogP contribution is -2.20. The van der Waals surface area contributed by atoms with Crippen LogP contribution in [0.4, 0.5) is 0 Å². The summed E-state index contributed by atoms with van der Waals surface area (Å²) in [6.45, 7) is 0. The monoisotopic (exact) mass is 505 g/mol. The average Bonchev–Trinajstić information content (AvgIpc) is 3.36. The van der Waals surface area contributed by atoms with Crippen molar-refractivity contribution in [3.63, 3.8) is 0 Å². The Hall–Kier alpha value is -1.54. The minimum atomic E-state index is -0.117. The molecule has 2 aromatic heterocycles. The third kappa shape index (κ3) is 2.49. The van der Waals surface area contributed by atoms with E-state index < -0.39 is 0 Å². The first-order valence-electron chi connectivity index (χ1n) is 7.79. The maximum Gasteiger partial charge on any atom is 0.256 e. The second kappa shape index (κ2) is 5.99. The van der Waals surface area contributed by atoms with Crippen LogP contribution >= 0.6 is 54.5 Å². The Kier molecular flexibility index (Phi) is 3.83. The zero-order chi connectivity index (χ0) is 18.0. The third-order valence-electron chi connectivity index (χ3n) is 4.56. The predicted molar refractivity (Wildman–Crippen MR) is 111 cm³/mol. The minimum absolute atomic E-state index is 0.105. The lowest BCUT2D eigenvalue weighted by molar-refractivity contribution is 0.0974. The number of hydrogen-bond acceptors (Lipinski definition) is 4. The fourth-order valence-electron chi connectivity index (χ4n) is 3.41. The van der Waals surface area contributed by atoms with Crippen molar-refractivity contribution in [2.75, 3.05) is 0 Å². The van der Waals surface area contributed by atoms with Gasteiger partial charge in [0.25, 0.3) is 5.91 Å². The lowest BCUT2D eigenvalue weighted by Gasteiger charge is -1.98. The molecule has 0 radical (unpaired) electrons. The molecule has 1 N–H and O–H groups in total. The smallest absolute Gasteiger partial charge is 0.256 e. The summed E-state index contributed by atoms with van der Waals surface area (Å²) in [5, 5.41) is 4.66. The van der Waals surface area contributed by atoms with Crippen molar-refractivity contribution in [1.29, 1.82) is 0 Å². The van der Waals surface area contributed by atoms with Crippen LogP contribution in [0.5, 0.6) is 0 Å². The molecule has 7 heteroatoms. The van der Waals surface area contributed by atoms with Gasteiger partial charge < -0.3 is 5.32 Å². The third-order valence-corrected chi connectivity index (χ3v) is 7.89. The summed E-state index contributed by atoms with van der Waals surface area (Å²) < 4.78 is 2.03. The van der Waals surface area contributed by atoms with E-state index in [0.717, 1.165) is 39.0 Å². The van der Waals surface area contributed by atoms with E-state index in [0.29, 0.717) is 17.5 Å². The molecule has 3 aromatic rings. The van der Waals surface area contributed by atoms with Gasteiger partial charge in [0.15, 0.2) is 5.78 Å².